The van der Waals surface area contributed by atoms with Crippen LogP contribution in [0.3, 0.4) is 0 Å². The maximum atomic E-state index is 12.6. The van der Waals surface area contributed by atoms with Crippen LogP contribution in [0.4, 0.5) is 0 Å². The van der Waals surface area contributed by atoms with Gasteiger partial charge in [0.05, 0.1) is 13.2 Å². The Balaban J connectivity index is 1.95. The molecule has 8 heteroatoms. The predicted octanol–water partition coefficient (Wildman–Crippen LogP) is 8.42. The van der Waals surface area contributed by atoms with Crippen molar-refractivity contribution in [3.8, 4) is 11.5 Å². The summed E-state index contributed by atoms with van der Waals surface area (Å²) in [7, 11) is 0. The number of ether oxygens (including phenoxy) is 6. The third-order valence-electron chi connectivity index (χ3n) is 7.74. The van der Waals surface area contributed by atoms with Crippen LogP contribution in [-0.2, 0) is 28.5 Å². The first-order valence-corrected chi connectivity index (χ1v) is 17.1. The number of carbonyl (C=O) groups excluding carboxylic acids is 2. The Hall–Kier alpha value is -3.36. The Morgan fingerprint density at radius 3 is 1.35 bits per heavy atom. The molecular weight excluding hydrogens is 584 g/mol. The molecule has 0 N–H and O–H groups in total. The number of aryl methyl sites for hydroxylation is 2. The van der Waals surface area contributed by atoms with Crippen molar-refractivity contribution in [1.82, 2.24) is 0 Å². The molecule has 8 nitrogen and oxygen atoms in total. The molecule has 3 aromatic carbocycles. The van der Waals surface area contributed by atoms with E-state index < -0.39 is 12.2 Å². The molecule has 0 spiro atoms. The van der Waals surface area contributed by atoms with Crippen molar-refractivity contribution < 1.29 is 38.0 Å². The molecule has 0 saturated carbocycles. The second-order valence-corrected chi connectivity index (χ2v) is 11.8. The highest BCUT2D eigenvalue weighted by atomic mass is 16.6. The molecule has 0 amide bonds. The average molecular weight is 639 g/mol. The standard InChI is InChI=1S/C38H54O8/c1-7-11-13-15-35(39)45-29(23-41-9-3)25-43-37-31-19-17-28(6)22-34(31)38(32-20-18-27(5)21-33(32)37)44-26-30(24-42-10-4)46-36(40)16-14-12-8-2/h17-22,29-30H,7-16,23-26H2,1-6H3. The summed E-state index contributed by atoms with van der Waals surface area (Å²) in [6.45, 7) is 13.9. The van der Waals surface area contributed by atoms with Gasteiger partial charge in [-0.2, -0.15) is 0 Å². The number of esters is 2. The van der Waals surface area contributed by atoms with E-state index in [1.165, 1.54) is 0 Å². The van der Waals surface area contributed by atoms with Crippen molar-refractivity contribution in [3.63, 3.8) is 0 Å². The van der Waals surface area contributed by atoms with Crippen molar-refractivity contribution >= 4 is 33.5 Å². The second-order valence-electron chi connectivity index (χ2n) is 11.8. The first-order valence-electron chi connectivity index (χ1n) is 17.1. The van der Waals surface area contributed by atoms with Crippen LogP contribution in [0.15, 0.2) is 36.4 Å². The van der Waals surface area contributed by atoms with Gasteiger partial charge in [-0.15, -0.1) is 0 Å². The quantitative estimate of drug-likeness (QED) is 0.0616. The summed E-state index contributed by atoms with van der Waals surface area (Å²) in [5.74, 6) is 0.911. The fraction of sp³-hybridized carbons (Fsp3) is 0.579. The van der Waals surface area contributed by atoms with Gasteiger partial charge in [-0.05, 0) is 52.7 Å². The third-order valence-corrected chi connectivity index (χ3v) is 7.74. The molecular formula is C38H54O8. The predicted molar refractivity (Wildman–Crippen MR) is 183 cm³/mol. The number of hydrogen-bond acceptors (Lipinski definition) is 8. The van der Waals surface area contributed by atoms with Crippen molar-refractivity contribution in [2.24, 2.45) is 0 Å². The molecule has 0 saturated heterocycles. The lowest BCUT2D eigenvalue weighted by atomic mass is 9.97. The zero-order chi connectivity index (χ0) is 33.3. The minimum atomic E-state index is -0.545. The Labute approximate surface area is 275 Å². The van der Waals surface area contributed by atoms with Gasteiger partial charge in [0, 0.05) is 47.6 Å². The lowest BCUT2D eigenvalue weighted by Crippen LogP contribution is -2.30. The highest BCUT2D eigenvalue weighted by molar-refractivity contribution is 6.11. The number of fused-ring (bicyclic) bond motifs is 2. The van der Waals surface area contributed by atoms with Crippen molar-refractivity contribution in [3.05, 3.63) is 47.5 Å². The van der Waals surface area contributed by atoms with Gasteiger partial charge in [-0.25, -0.2) is 0 Å². The first kappa shape index (κ1) is 37.1. The summed E-state index contributed by atoms with van der Waals surface area (Å²) >= 11 is 0. The van der Waals surface area contributed by atoms with Gasteiger partial charge >= 0.3 is 11.9 Å². The Morgan fingerprint density at radius 2 is 0.978 bits per heavy atom. The monoisotopic (exact) mass is 638 g/mol. The first-order chi connectivity index (χ1) is 22.3. The fourth-order valence-corrected chi connectivity index (χ4v) is 5.30. The largest absolute Gasteiger partial charge is 0.488 e. The molecule has 0 aromatic heterocycles. The van der Waals surface area contributed by atoms with Gasteiger partial charge < -0.3 is 28.4 Å². The SMILES string of the molecule is CCCCCC(=O)OC(COCC)COc1c2ccc(C)cc2c(OCC(COCC)OC(=O)CCCCC)c2ccc(C)cc12. The van der Waals surface area contributed by atoms with E-state index in [9.17, 15) is 9.59 Å². The van der Waals surface area contributed by atoms with Gasteiger partial charge in [0.15, 0.2) is 12.2 Å². The molecule has 46 heavy (non-hydrogen) atoms. The highest BCUT2D eigenvalue weighted by Gasteiger charge is 2.22. The Bertz CT molecular complexity index is 1280. The molecule has 254 valence electrons. The third kappa shape index (κ3) is 11.5. The molecule has 2 atom stereocenters. The lowest BCUT2D eigenvalue weighted by molar-refractivity contribution is -0.155. The van der Waals surface area contributed by atoms with Crippen LogP contribution >= 0.6 is 0 Å². The number of benzene rings is 3. The highest BCUT2D eigenvalue weighted by Crippen LogP contribution is 2.43. The Kier molecular flexibility index (Phi) is 16.1. The van der Waals surface area contributed by atoms with Gasteiger partial charge in [0.25, 0.3) is 0 Å². The van der Waals surface area contributed by atoms with Crippen LogP contribution in [0, 0.1) is 13.8 Å². The zero-order valence-corrected chi connectivity index (χ0v) is 28.8. The van der Waals surface area contributed by atoms with E-state index in [1.807, 2.05) is 52.0 Å². The van der Waals surface area contributed by atoms with Crippen molar-refractivity contribution in [2.75, 3.05) is 39.6 Å². The summed E-state index contributed by atoms with van der Waals surface area (Å²) in [4.78, 5) is 25.2. The van der Waals surface area contributed by atoms with Crippen LogP contribution in [-0.4, -0.2) is 63.8 Å². The van der Waals surface area contributed by atoms with Crippen molar-refractivity contribution in [1.29, 1.82) is 0 Å². The fourth-order valence-electron chi connectivity index (χ4n) is 5.30. The van der Waals surface area contributed by atoms with Gasteiger partial charge in [-0.3, -0.25) is 9.59 Å². The van der Waals surface area contributed by atoms with E-state index in [-0.39, 0.29) is 38.4 Å². The molecule has 0 bridgehead atoms. The summed E-state index contributed by atoms with van der Waals surface area (Å²) in [6, 6.07) is 12.3. The topological polar surface area (TPSA) is 89.5 Å². The number of hydrogen-bond donors (Lipinski definition) is 0. The molecule has 0 fully saturated rings. The molecule has 0 aliphatic carbocycles. The van der Waals surface area contributed by atoms with Crippen LogP contribution < -0.4 is 9.47 Å². The molecule has 2 unspecified atom stereocenters. The zero-order valence-electron chi connectivity index (χ0n) is 28.8. The number of unbranched alkanes of at least 4 members (excludes halogenated alkanes) is 4. The molecule has 3 rings (SSSR count). The molecule has 3 aromatic rings. The summed E-state index contributed by atoms with van der Waals surface area (Å²) < 4.78 is 36.0. The minimum Gasteiger partial charge on any atom is -0.488 e. The van der Waals surface area contributed by atoms with E-state index in [4.69, 9.17) is 28.4 Å². The van der Waals surface area contributed by atoms with E-state index >= 15 is 0 Å². The second kappa shape index (κ2) is 20.0. The molecule has 0 radical (unpaired) electrons. The van der Waals surface area contributed by atoms with Gasteiger partial charge in [0.2, 0.25) is 0 Å². The maximum absolute atomic E-state index is 12.6. The maximum Gasteiger partial charge on any atom is 0.306 e. The van der Waals surface area contributed by atoms with E-state index in [2.05, 4.69) is 26.0 Å². The van der Waals surface area contributed by atoms with E-state index in [0.29, 0.717) is 37.6 Å². The average Bonchev–Trinajstić information content (AvgIpc) is 3.03. The summed E-state index contributed by atoms with van der Waals surface area (Å²) in [5.41, 5.74) is 2.14. The van der Waals surface area contributed by atoms with Crippen molar-refractivity contribution in [2.45, 2.75) is 105 Å². The molecule has 0 aliphatic rings. The van der Waals surface area contributed by atoms with E-state index in [1.54, 1.807) is 0 Å². The number of carbonyl (C=O) groups is 2. The van der Waals surface area contributed by atoms with Gasteiger partial charge in [0.1, 0.15) is 24.7 Å². The summed E-state index contributed by atoms with van der Waals surface area (Å²) in [5, 5.41) is 3.52. The molecule has 0 heterocycles. The van der Waals surface area contributed by atoms with Crippen LogP contribution in [0.25, 0.3) is 21.5 Å². The van der Waals surface area contributed by atoms with Gasteiger partial charge in [-0.1, -0.05) is 74.9 Å². The van der Waals surface area contributed by atoms with Crippen LogP contribution in [0.5, 0.6) is 11.5 Å². The minimum absolute atomic E-state index is 0.149. The Morgan fingerprint density at radius 1 is 0.565 bits per heavy atom. The number of rotatable bonds is 22. The lowest BCUT2D eigenvalue weighted by Gasteiger charge is -2.23. The molecule has 0 aliphatic heterocycles. The van der Waals surface area contributed by atoms with Crippen LogP contribution in [0.2, 0.25) is 0 Å². The van der Waals surface area contributed by atoms with Crippen LogP contribution in [0.1, 0.15) is 90.2 Å². The normalized spacial score (nSPS) is 12.7. The smallest absolute Gasteiger partial charge is 0.306 e. The summed E-state index contributed by atoms with van der Waals surface area (Å²) in [6.07, 6.45) is 5.32. The van der Waals surface area contributed by atoms with E-state index in [0.717, 1.165) is 71.2 Å².